The van der Waals surface area contributed by atoms with E-state index in [9.17, 15) is 19.7 Å². The number of aliphatic carboxylic acids is 1. The van der Waals surface area contributed by atoms with Gasteiger partial charge in [-0.1, -0.05) is 6.92 Å². The number of nitro groups is 1. The molecule has 0 radical (unpaired) electrons. The predicted molar refractivity (Wildman–Crippen MR) is 65.8 cm³/mol. The standard InChI is InChI=1S/C11H15N3O5/c1-7(2-5-10(15)16)6-12-11(17)8-3-4-9(13-8)14(18)19/h3-4,7,13H,2,5-6H2,1H3,(H,12,17)(H,15,16). The fourth-order valence-electron chi connectivity index (χ4n) is 1.46. The normalized spacial score (nSPS) is 11.8. The molecule has 1 amide bonds. The highest BCUT2D eigenvalue weighted by molar-refractivity contribution is 5.92. The van der Waals surface area contributed by atoms with Crippen LogP contribution in [-0.4, -0.2) is 33.4 Å². The van der Waals surface area contributed by atoms with Crippen LogP contribution in [0.5, 0.6) is 0 Å². The third kappa shape index (κ3) is 4.78. The Hall–Kier alpha value is -2.38. The van der Waals surface area contributed by atoms with Gasteiger partial charge in [0, 0.05) is 19.0 Å². The van der Waals surface area contributed by atoms with Crippen molar-refractivity contribution in [2.24, 2.45) is 5.92 Å². The summed E-state index contributed by atoms with van der Waals surface area (Å²) in [5.74, 6) is -1.55. The van der Waals surface area contributed by atoms with Crippen molar-refractivity contribution in [1.29, 1.82) is 0 Å². The zero-order valence-corrected chi connectivity index (χ0v) is 10.4. The number of rotatable bonds is 7. The number of hydrogen-bond acceptors (Lipinski definition) is 4. The van der Waals surface area contributed by atoms with Crippen LogP contribution in [-0.2, 0) is 4.79 Å². The maximum Gasteiger partial charge on any atom is 0.321 e. The molecule has 19 heavy (non-hydrogen) atoms. The summed E-state index contributed by atoms with van der Waals surface area (Å²) in [7, 11) is 0. The molecule has 1 unspecified atom stereocenters. The van der Waals surface area contributed by atoms with Gasteiger partial charge in [0.25, 0.3) is 5.91 Å². The van der Waals surface area contributed by atoms with Crippen molar-refractivity contribution in [1.82, 2.24) is 10.3 Å². The molecule has 0 bridgehead atoms. The molecule has 8 heteroatoms. The van der Waals surface area contributed by atoms with E-state index in [0.717, 1.165) is 0 Å². The van der Waals surface area contributed by atoms with Crippen molar-refractivity contribution in [2.45, 2.75) is 19.8 Å². The van der Waals surface area contributed by atoms with Crippen molar-refractivity contribution < 1.29 is 19.6 Å². The number of H-pyrrole nitrogens is 1. The largest absolute Gasteiger partial charge is 0.481 e. The van der Waals surface area contributed by atoms with Crippen LogP contribution in [0.1, 0.15) is 30.3 Å². The summed E-state index contributed by atoms with van der Waals surface area (Å²) in [6.45, 7) is 2.14. The average Bonchev–Trinajstić information content (AvgIpc) is 2.83. The molecule has 1 rings (SSSR count). The van der Waals surface area contributed by atoms with E-state index in [2.05, 4.69) is 10.3 Å². The first-order valence-corrected chi connectivity index (χ1v) is 5.73. The minimum Gasteiger partial charge on any atom is -0.481 e. The van der Waals surface area contributed by atoms with Crippen LogP contribution in [0.4, 0.5) is 5.82 Å². The van der Waals surface area contributed by atoms with Crippen molar-refractivity contribution in [3.8, 4) is 0 Å². The van der Waals surface area contributed by atoms with Crippen molar-refractivity contribution >= 4 is 17.7 Å². The van der Waals surface area contributed by atoms with E-state index in [-0.39, 0.29) is 23.9 Å². The van der Waals surface area contributed by atoms with Gasteiger partial charge in [-0.2, -0.15) is 0 Å². The summed E-state index contributed by atoms with van der Waals surface area (Å²) < 4.78 is 0. The van der Waals surface area contributed by atoms with E-state index in [0.29, 0.717) is 13.0 Å². The Morgan fingerprint density at radius 2 is 2.21 bits per heavy atom. The molecule has 0 fully saturated rings. The number of amides is 1. The zero-order valence-electron chi connectivity index (χ0n) is 10.4. The summed E-state index contributed by atoms with van der Waals surface area (Å²) in [4.78, 5) is 34.2. The van der Waals surface area contributed by atoms with Gasteiger partial charge in [0.05, 0.1) is 0 Å². The SMILES string of the molecule is CC(CCC(=O)O)CNC(=O)c1ccc([N+](=O)[O-])[nH]1. The van der Waals surface area contributed by atoms with Crippen LogP contribution >= 0.6 is 0 Å². The fourth-order valence-corrected chi connectivity index (χ4v) is 1.46. The Kier molecular flexibility index (Phi) is 5.04. The minimum absolute atomic E-state index is 0.0185. The Morgan fingerprint density at radius 3 is 2.74 bits per heavy atom. The quantitative estimate of drug-likeness (QED) is 0.505. The van der Waals surface area contributed by atoms with Gasteiger partial charge in [-0.25, -0.2) is 4.98 Å². The van der Waals surface area contributed by atoms with E-state index in [1.54, 1.807) is 0 Å². The maximum absolute atomic E-state index is 11.6. The van der Waals surface area contributed by atoms with Gasteiger partial charge in [-0.05, 0) is 23.3 Å². The Labute approximate surface area is 109 Å². The summed E-state index contributed by atoms with van der Waals surface area (Å²) in [5.41, 5.74) is 0.108. The van der Waals surface area contributed by atoms with Gasteiger partial charge in [0.15, 0.2) is 5.69 Å². The van der Waals surface area contributed by atoms with Crippen LogP contribution in [0.15, 0.2) is 12.1 Å². The second-order valence-electron chi connectivity index (χ2n) is 4.26. The van der Waals surface area contributed by atoms with E-state index >= 15 is 0 Å². The number of nitrogens with one attached hydrogen (secondary N) is 2. The van der Waals surface area contributed by atoms with Crippen LogP contribution in [0.3, 0.4) is 0 Å². The summed E-state index contributed by atoms with van der Waals surface area (Å²) in [6, 6.07) is 2.54. The Balaban J connectivity index is 2.42. The summed E-state index contributed by atoms with van der Waals surface area (Å²) >= 11 is 0. The lowest BCUT2D eigenvalue weighted by Crippen LogP contribution is -2.28. The molecule has 0 aliphatic carbocycles. The topological polar surface area (TPSA) is 125 Å². The van der Waals surface area contributed by atoms with Crippen LogP contribution < -0.4 is 5.32 Å². The van der Waals surface area contributed by atoms with Gasteiger partial charge in [0.2, 0.25) is 0 Å². The molecule has 0 saturated heterocycles. The van der Waals surface area contributed by atoms with Crippen LogP contribution in [0, 0.1) is 16.0 Å². The molecule has 1 heterocycles. The highest BCUT2D eigenvalue weighted by Crippen LogP contribution is 2.10. The minimum atomic E-state index is -0.877. The van der Waals surface area contributed by atoms with Gasteiger partial charge < -0.3 is 20.5 Å². The third-order valence-electron chi connectivity index (χ3n) is 2.57. The number of hydrogen-bond donors (Lipinski definition) is 3. The smallest absolute Gasteiger partial charge is 0.321 e. The average molecular weight is 269 g/mol. The van der Waals surface area contributed by atoms with Crippen LogP contribution in [0.2, 0.25) is 0 Å². The molecule has 8 nitrogen and oxygen atoms in total. The Morgan fingerprint density at radius 1 is 1.53 bits per heavy atom. The van der Waals surface area contributed by atoms with Gasteiger partial charge in [-0.3, -0.25) is 9.59 Å². The first-order valence-electron chi connectivity index (χ1n) is 5.73. The number of aromatic amines is 1. The predicted octanol–water partition coefficient (Wildman–Crippen LogP) is 1.15. The number of carboxylic acid groups (broad SMARTS) is 1. The molecule has 0 saturated carbocycles. The van der Waals surface area contributed by atoms with E-state index < -0.39 is 16.8 Å². The number of carbonyl (C=O) groups is 2. The molecule has 104 valence electrons. The van der Waals surface area contributed by atoms with Crippen molar-refractivity contribution in [2.75, 3.05) is 6.54 Å². The fraction of sp³-hybridized carbons (Fsp3) is 0.455. The van der Waals surface area contributed by atoms with E-state index in [1.807, 2.05) is 6.92 Å². The number of aromatic nitrogens is 1. The van der Waals surface area contributed by atoms with Gasteiger partial charge >= 0.3 is 11.8 Å². The number of nitrogens with zero attached hydrogens (tertiary/aromatic N) is 1. The lowest BCUT2D eigenvalue weighted by molar-refractivity contribution is -0.389. The molecule has 3 N–H and O–H groups in total. The van der Waals surface area contributed by atoms with Crippen molar-refractivity contribution in [3.63, 3.8) is 0 Å². The van der Waals surface area contributed by atoms with Gasteiger partial charge in [-0.15, -0.1) is 0 Å². The first-order chi connectivity index (χ1) is 8.90. The number of carbonyl (C=O) groups excluding carboxylic acids is 1. The molecular formula is C11H15N3O5. The second-order valence-corrected chi connectivity index (χ2v) is 4.26. The molecule has 0 aliphatic heterocycles. The van der Waals surface area contributed by atoms with Crippen LogP contribution in [0.25, 0.3) is 0 Å². The lowest BCUT2D eigenvalue weighted by atomic mass is 10.1. The summed E-state index contributed by atoms with van der Waals surface area (Å²) in [6.07, 6.45) is 0.505. The molecule has 0 spiro atoms. The molecule has 1 aromatic rings. The third-order valence-corrected chi connectivity index (χ3v) is 2.57. The molecule has 0 aliphatic rings. The molecule has 1 aromatic heterocycles. The maximum atomic E-state index is 11.6. The molecule has 1 atom stereocenters. The highest BCUT2D eigenvalue weighted by Gasteiger charge is 2.15. The molecular weight excluding hydrogens is 254 g/mol. The van der Waals surface area contributed by atoms with E-state index in [1.165, 1.54) is 12.1 Å². The number of carboxylic acids is 1. The monoisotopic (exact) mass is 269 g/mol. The Bertz CT molecular complexity index is 482. The van der Waals surface area contributed by atoms with E-state index in [4.69, 9.17) is 5.11 Å². The second kappa shape index (κ2) is 6.53. The van der Waals surface area contributed by atoms with Crippen molar-refractivity contribution in [3.05, 3.63) is 27.9 Å². The first kappa shape index (κ1) is 14.7. The highest BCUT2D eigenvalue weighted by atomic mass is 16.6. The van der Waals surface area contributed by atoms with Gasteiger partial charge in [0.1, 0.15) is 0 Å². The zero-order chi connectivity index (χ0) is 14.4. The molecule has 0 aromatic carbocycles. The lowest BCUT2D eigenvalue weighted by Gasteiger charge is -2.10. The summed E-state index contributed by atoms with van der Waals surface area (Å²) in [5, 5.41) is 21.5.